The van der Waals surface area contributed by atoms with Crippen molar-refractivity contribution >= 4 is 0 Å². The Morgan fingerprint density at radius 1 is 1.25 bits per heavy atom. The zero-order chi connectivity index (χ0) is 14.5. The Balaban J connectivity index is 1.95. The van der Waals surface area contributed by atoms with Crippen molar-refractivity contribution < 1.29 is 4.39 Å². The van der Waals surface area contributed by atoms with Crippen molar-refractivity contribution in [3.05, 3.63) is 35.6 Å². The molecular weight excluding hydrogens is 251 g/mol. The summed E-state index contributed by atoms with van der Waals surface area (Å²) in [7, 11) is 2.14. The van der Waals surface area contributed by atoms with Crippen LogP contribution in [0.1, 0.15) is 44.6 Å². The number of benzene rings is 1. The fraction of sp³-hybridized carbons (Fsp3) is 0.647. The van der Waals surface area contributed by atoms with Gasteiger partial charge >= 0.3 is 0 Å². The van der Waals surface area contributed by atoms with Gasteiger partial charge < -0.3 is 5.73 Å². The van der Waals surface area contributed by atoms with Crippen molar-refractivity contribution in [3.63, 3.8) is 0 Å². The highest BCUT2D eigenvalue weighted by atomic mass is 19.1. The second-order valence-electron chi connectivity index (χ2n) is 6.24. The Kier molecular flexibility index (Phi) is 5.55. The molecule has 2 nitrogen and oxygen atoms in total. The third-order valence-corrected chi connectivity index (χ3v) is 4.59. The van der Waals surface area contributed by atoms with E-state index in [0.29, 0.717) is 6.04 Å². The summed E-state index contributed by atoms with van der Waals surface area (Å²) in [4.78, 5) is 2.35. The van der Waals surface area contributed by atoms with E-state index in [1.807, 2.05) is 12.1 Å². The molecule has 0 bridgehead atoms. The van der Waals surface area contributed by atoms with Gasteiger partial charge in [-0.2, -0.15) is 0 Å². The molecule has 1 aliphatic carbocycles. The molecule has 0 spiro atoms. The van der Waals surface area contributed by atoms with Gasteiger partial charge in [0.05, 0.1) is 0 Å². The van der Waals surface area contributed by atoms with E-state index in [4.69, 9.17) is 5.73 Å². The van der Waals surface area contributed by atoms with Crippen LogP contribution in [0, 0.1) is 11.7 Å². The van der Waals surface area contributed by atoms with E-state index in [1.54, 1.807) is 0 Å². The molecule has 3 unspecified atom stereocenters. The molecule has 0 aliphatic heterocycles. The number of hydrogen-bond acceptors (Lipinski definition) is 2. The predicted octanol–water partition coefficient (Wildman–Crippen LogP) is 3.55. The Morgan fingerprint density at radius 2 is 1.95 bits per heavy atom. The average molecular weight is 278 g/mol. The summed E-state index contributed by atoms with van der Waals surface area (Å²) in [6.45, 7) is 3.10. The number of hydrogen-bond donors (Lipinski definition) is 1. The number of nitrogens with zero attached hydrogens (tertiary/aromatic N) is 1. The third-order valence-electron chi connectivity index (χ3n) is 4.59. The molecule has 1 aromatic carbocycles. The van der Waals surface area contributed by atoms with E-state index in [0.717, 1.165) is 24.4 Å². The van der Waals surface area contributed by atoms with Gasteiger partial charge in [0, 0.05) is 18.6 Å². The van der Waals surface area contributed by atoms with E-state index in [2.05, 4.69) is 18.9 Å². The van der Waals surface area contributed by atoms with Crippen LogP contribution in [-0.2, 0) is 6.54 Å². The monoisotopic (exact) mass is 278 g/mol. The molecule has 0 saturated heterocycles. The van der Waals surface area contributed by atoms with Gasteiger partial charge in [-0.25, -0.2) is 4.39 Å². The summed E-state index contributed by atoms with van der Waals surface area (Å²) in [6.07, 6.45) is 6.17. The van der Waals surface area contributed by atoms with Gasteiger partial charge in [-0.05, 0) is 49.9 Å². The second-order valence-corrected chi connectivity index (χ2v) is 6.24. The smallest absolute Gasteiger partial charge is 0.123 e. The maximum atomic E-state index is 12.9. The normalized spacial score (nSPS) is 26.9. The third kappa shape index (κ3) is 4.03. The first kappa shape index (κ1) is 15.5. The molecule has 1 aromatic rings. The maximum Gasteiger partial charge on any atom is 0.123 e. The molecule has 2 N–H and O–H groups in total. The van der Waals surface area contributed by atoms with Crippen LogP contribution in [0.5, 0.6) is 0 Å². The lowest BCUT2D eigenvalue weighted by Gasteiger charge is -2.39. The first-order chi connectivity index (χ1) is 9.60. The zero-order valence-electron chi connectivity index (χ0n) is 12.7. The van der Waals surface area contributed by atoms with Crippen LogP contribution in [0.4, 0.5) is 4.39 Å². The van der Waals surface area contributed by atoms with Crippen molar-refractivity contribution in [2.75, 3.05) is 7.05 Å². The van der Waals surface area contributed by atoms with Crippen LogP contribution in [0.3, 0.4) is 0 Å². The minimum absolute atomic E-state index is 0.172. The summed E-state index contributed by atoms with van der Waals surface area (Å²) in [6, 6.07) is 7.51. The Labute approximate surface area is 122 Å². The Hall–Kier alpha value is -0.930. The molecule has 1 saturated carbocycles. The highest BCUT2D eigenvalue weighted by Crippen LogP contribution is 2.30. The molecule has 0 heterocycles. The van der Waals surface area contributed by atoms with E-state index in [9.17, 15) is 4.39 Å². The second kappa shape index (κ2) is 7.19. The number of nitrogens with two attached hydrogens (primary N) is 1. The summed E-state index contributed by atoms with van der Waals surface area (Å²) < 4.78 is 12.9. The van der Waals surface area contributed by atoms with Gasteiger partial charge in [0.15, 0.2) is 0 Å². The van der Waals surface area contributed by atoms with Gasteiger partial charge in [-0.15, -0.1) is 0 Å². The van der Waals surface area contributed by atoms with Crippen molar-refractivity contribution in [2.45, 2.75) is 57.7 Å². The summed E-state index contributed by atoms with van der Waals surface area (Å²) in [5, 5.41) is 0. The molecule has 0 aromatic heterocycles. The van der Waals surface area contributed by atoms with Crippen molar-refractivity contribution in [3.8, 4) is 0 Å². The van der Waals surface area contributed by atoms with Gasteiger partial charge in [0.2, 0.25) is 0 Å². The van der Waals surface area contributed by atoms with E-state index in [1.165, 1.54) is 37.8 Å². The Morgan fingerprint density at radius 3 is 2.60 bits per heavy atom. The summed E-state index contributed by atoms with van der Waals surface area (Å²) in [5.41, 5.74) is 7.47. The quantitative estimate of drug-likeness (QED) is 0.892. The molecular formula is C17H27FN2. The molecule has 0 amide bonds. The van der Waals surface area contributed by atoms with E-state index < -0.39 is 0 Å². The van der Waals surface area contributed by atoms with Crippen LogP contribution in [0.25, 0.3) is 0 Å². The van der Waals surface area contributed by atoms with Crippen molar-refractivity contribution in [1.29, 1.82) is 0 Å². The average Bonchev–Trinajstić information content (AvgIpc) is 2.43. The highest BCUT2D eigenvalue weighted by Gasteiger charge is 2.30. The lowest BCUT2D eigenvalue weighted by molar-refractivity contribution is 0.127. The molecule has 0 radical (unpaired) electrons. The maximum absolute atomic E-state index is 12.9. The zero-order valence-corrected chi connectivity index (χ0v) is 12.7. The van der Waals surface area contributed by atoms with Gasteiger partial charge in [-0.3, -0.25) is 4.90 Å². The fourth-order valence-electron chi connectivity index (χ4n) is 3.43. The van der Waals surface area contributed by atoms with Crippen LogP contribution in [-0.4, -0.2) is 24.0 Å². The summed E-state index contributed by atoms with van der Waals surface area (Å²) >= 11 is 0. The number of halogens is 1. The van der Waals surface area contributed by atoms with Crippen LogP contribution in [0.2, 0.25) is 0 Å². The first-order valence-electron chi connectivity index (χ1n) is 7.80. The minimum Gasteiger partial charge on any atom is -0.326 e. The van der Waals surface area contributed by atoms with Crippen LogP contribution < -0.4 is 5.73 Å². The van der Waals surface area contributed by atoms with Crippen LogP contribution in [0.15, 0.2) is 24.3 Å². The largest absolute Gasteiger partial charge is 0.326 e. The van der Waals surface area contributed by atoms with Gasteiger partial charge in [-0.1, -0.05) is 31.9 Å². The van der Waals surface area contributed by atoms with Crippen molar-refractivity contribution in [2.24, 2.45) is 11.7 Å². The Bertz CT molecular complexity index is 404. The topological polar surface area (TPSA) is 29.3 Å². The van der Waals surface area contributed by atoms with E-state index >= 15 is 0 Å². The first-order valence-corrected chi connectivity index (χ1v) is 7.80. The number of rotatable bonds is 5. The van der Waals surface area contributed by atoms with Crippen LogP contribution >= 0.6 is 0 Å². The molecule has 3 atom stereocenters. The molecule has 3 heteroatoms. The molecule has 1 fully saturated rings. The van der Waals surface area contributed by atoms with Gasteiger partial charge in [0.25, 0.3) is 0 Å². The summed E-state index contributed by atoms with van der Waals surface area (Å²) in [5.74, 6) is 0.647. The number of likely N-dealkylation sites (N-methyl/N-ethyl adjacent to an activating group) is 1. The molecule has 1 aliphatic rings. The van der Waals surface area contributed by atoms with Gasteiger partial charge in [0.1, 0.15) is 5.82 Å². The molecule has 2 rings (SSSR count). The molecule has 112 valence electrons. The fourth-order valence-corrected chi connectivity index (χ4v) is 3.43. The predicted molar refractivity (Wildman–Crippen MR) is 81.9 cm³/mol. The minimum atomic E-state index is -0.172. The molecule has 20 heavy (non-hydrogen) atoms. The SMILES string of the molecule is CCCC1CCC(N)C(N(C)Cc2ccc(F)cc2)C1. The van der Waals surface area contributed by atoms with E-state index in [-0.39, 0.29) is 11.9 Å². The standard InChI is InChI=1S/C17H27FN2/c1-3-4-13-7-10-16(19)17(11-13)20(2)12-14-5-8-15(18)9-6-14/h5-6,8-9,13,16-17H,3-4,7,10-12,19H2,1-2H3. The highest BCUT2D eigenvalue weighted by molar-refractivity contribution is 5.16. The lowest BCUT2D eigenvalue weighted by atomic mass is 9.80. The lowest BCUT2D eigenvalue weighted by Crippen LogP contribution is -2.49. The van der Waals surface area contributed by atoms with Crippen molar-refractivity contribution in [1.82, 2.24) is 4.90 Å².